The Morgan fingerprint density at radius 3 is 2.50 bits per heavy atom. The number of hydrogen-bond acceptors (Lipinski definition) is 3. The highest BCUT2D eigenvalue weighted by Crippen LogP contribution is 2.13. The summed E-state index contributed by atoms with van der Waals surface area (Å²) in [7, 11) is 1.64. The Morgan fingerprint density at radius 2 is 1.94 bits per heavy atom. The summed E-state index contributed by atoms with van der Waals surface area (Å²) in [5, 5.41) is 0. The van der Waals surface area contributed by atoms with Crippen molar-refractivity contribution in [3.8, 4) is 5.75 Å². The number of ketones is 1. The van der Waals surface area contributed by atoms with E-state index < -0.39 is 0 Å². The van der Waals surface area contributed by atoms with Gasteiger partial charge in [-0.25, -0.2) is 0 Å². The lowest BCUT2D eigenvalue weighted by atomic mass is 10.1. The van der Waals surface area contributed by atoms with E-state index in [2.05, 4.69) is 0 Å². The van der Waals surface area contributed by atoms with Crippen molar-refractivity contribution in [3.05, 3.63) is 29.8 Å². The molecule has 96 valence electrons. The van der Waals surface area contributed by atoms with Crippen molar-refractivity contribution in [2.24, 2.45) is 0 Å². The van der Waals surface area contributed by atoms with Crippen molar-refractivity contribution in [1.82, 2.24) is 4.90 Å². The number of methoxy groups -OCH3 is 1. The molecule has 0 aliphatic carbocycles. The van der Waals surface area contributed by atoms with E-state index >= 15 is 0 Å². The third-order valence-electron chi connectivity index (χ3n) is 3.12. The molecular formula is C14H17NO3. The molecule has 0 aromatic heterocycles. The number of carbonyl (C=O) groups is 2. The Morgan fingerprint density at radius 1 is 1.22 bits per heavy atom. The van der Waals surface area contributed by atoms with Crippen LogP contribution in [0.2, 0.25) is 0 Å². The van der Waals surface area contributed by atoms with E-state index in [0.717, 1.165) is 18.6 Å². The van der Waals surface area contributed by atoms with E-state index in [4.69, 9.17) is 4.74 Å². The van der Waals surface area contributed by atoms with Gasteiger partial charge >= 0.3 is 0 Å². The van der Waals surface area contributed by atoms with Crippen LogP contribution in [0.15, 0.2) is 24.3 Å². The lowest BCUT2D eigenvalue weighted by molar-refractivity contribution is -0.127. The second kappa shape index (κ2) is 5.67. The van der Waals surface area contributed by atoms with Crippen LogP contribution >= 0.6 is 0 Å². The number of nitrogens with zero attached hydrogens (tertiary/aromatic N) is 1. The molecule has 1 heterocycles. The van der Waals surface area contributed by atoms with Crippen LogP contribution in [0.25, 0.3) is 0 Å². The van der Waals surface area contributed by atoms with Gasteiger partial charge in [0.15, 0.2) is 5.78 Å². The Kier molecular flexibility index (Phi) is 3.97. The second-order valence-corrected chi connectivity index (χ2v) is 4.48. The van der Waals surface area contributed by atoms with Gasteiger partial charge in [-0.15, -0.1) is 0 Å². The minimum atomic E-state index is -0.0327. The van der Waals surface area contributed by atoms with Gasteiger partial charge in [-0.05, 0) is 30.5 Å². The maximum absolute atomic E-state index is 11.4. The van der Waals surface area contributed by atoms with Gasteiger partial charge < -0.3 is 9.64 Å². The number of hydrogen-bond donors (Lipinski definition) is 0. The molecule has 1 saturated heterocycles. The van der Waals surface area contributed by atoms with Crippen LogP contribution < -0.4 is 4.74 Å². The number of carbonyl (C=O) groups excluding carboxylic acids is 2. The molecule has 0 unspecified atom stereocenters. The van der Waals surface area contributed by atoms with E-state index in [9.17, 15) is 9.59 Å². The van der Waals surface area contributed by atoms with Crippen LogP contribution in [0.1, 0.15) is 18.4 Å². The number of rotatable bonds is 5. The SMILES string of the molecule is COc1ccc(CCCN2CC(=O)CC2=O)cc1. The second-order valence-electron chi connectivity index (χ2n) is 4.48. The van der Waals surface area contributed by atoms with Gasteiger partial charge in [-0.2, -0.15) is 0 Å². The summed E-state index contributed by atoms with van der Waals surface area (Å²) in [6, 6.07) is 7.91. The fourth-order valence-corrected chi connectivity index (χ4v) is 2.11. The smallest absolute Gasteiger partial charge is 0.230 e. The van der Waals surface area contributed by atoms with Gasteiger partial charge in [0.25, 0.3) is 0 Å². The van der Waals surface area contributed by atoms with Crippen molar-refractivity contribution in [2.75, 3.05) is 20.2 Å². The zero-order valence-corrected chi connectivity index (χ0v) is 10.5. The number of Topliss-reactive ketones (excluding diaryl/α,β-unsaturated/α-hetero) is 1. The van der Waals surface area contributed by atoms with Gasteiger partial charge in [0.05, 0.1) is 20.1 Å². The predicted octanol–water partition coefficient (Wildman–Crippen LogP) is 1.43. The monoisotopic (exact) mass is 247 g/mol. The molecule has 0 atom stereocenters. The molecule has 1 aromatic carbocycles. The average Bonchev–Trinajstić information content (AvgIpc) is 2.69. The maximum atomic E-state index is 11.4. The van der Waals surface area contributed by atoms with Gasteiger partial charge in [0, 0.05) is 6.54 Å². The minimum Gasteiger partial charge on any atom is -0.497 e. The van der Waals surface area contributed by atoms with Gasteiger partial charge in [0.2, 0.25) is 5.91 Å². The molecule has 0 spiro atoms. The first kappa shape index (κ1) is 12.6. The standard InChI is InChI=1S/C14H17NO3/c1-18-13-6-4-11(5-7-13)3-2-8-15-10-12(16)9-14(15)17/h4-7H,2-3,8-10H2,1H3. The summed E-state index contributed by atoms with van der Waals surface area (Å²) >= 11 is 0. The van der Waals surface area contributed by atoms with Crippen molar-refractivity contribution >= 4 is 11.7 Å². The molecule has 1 aliphatic rings. The highest BCUT2D eigenvalue weighted by atomic mass is 16.5. The zero-order valence-electron chi connectivity index (χ0n) is 10.5. The minimum absolute atomic E-state index is 0.0319. The Balaban J connectivity index is 1.78. The lowest BCUT2D eigenvalue weighted by Gasteiger charge is -2.14. The molecule has 1 aliphatic heterocycles. The summed E-state index contributed by atoms with van der Waals surface area (Å²) in [4.78, 5) is 24.1. The third kappa shape index (κ3) is 3.09. The normalized spacial score (nSPS) is 15.3. The fraction of sp³-hybridized carbons (Fsp3) is 0.429. The summed E-state index contributed by atoms with van der Waals surface area (Å²) < 4.78 is 5.09. The molecule has 1 aromatic rings. The summed E-state index contributed by atoms with van der Waals surface area (Å²) in [6.45, 7) is 0.956. The van der Waals surface area contributed by atoms with E-state index in [-0.39, 0.29) is 18.1 Å². The quantitative estimate of drug-likeness (QED) is 0.739. The van der Waals surface area contributed by atoms with E-state index in [1.807, 2.05) is 24.3 Å². The molecule has 4 nitrogen and oxygen atoms in total. The summed E-state index contributed by atoms with van der Waals surface area (Å²) in [5.74, 6) is 0.846. The molecule has 1 fully saturated rings. The molecule has 18 heavy (non-hydrogen) atoms. The van der Waals surface area contributed by atoms with Crippen molar-refractivity contribution < 1.29 is 14.3 Å². The van der Waals surface area contributed by atoms with E-state index in [0.29, 0.717) is 13.1 Å². The third-order valence-corrected chi connectivity index (χ3v) is 3.12. The lowest BCUT2D eigenvalue weighted by Crippen LogP contribution is -2.26. The van der Waals surface area contributed by atoms with Gasteiger partial charge in [-0.3, -0.25) is 9.59 Å². The van der Waals surface area contributed by atoms with Gasteiger partial charge in [0.1, 0.15) is 5.75 Å². The highest BCUT2D eigenvalue weighted by molar-refractivity contribution is 6.05. The molecule has 0 N–H and O–H groups in total. The Bertz CT molecular complexity index is 439. The molecule has 4 heteroatoms. The van der Waals surface area contributed by atoms with Crippen molar-refractivity contribution in [2.45, 2.75) is 19.3 Å². The molecule has 0 saturated carbocycles. The van der Waals surface area contributed by atoms with Crippen LogP contribution in [0.5, 0.6) is 5.75 Å². The highest BCUT2D eigenvalue weighted by Gasteiger charge is 2.26. The number of aryl methyl sites for hydroxylation is 1. The first-order valence-corrected chi connectivity index (χ1v) is 6.11. The number of benzene rings is 1. The largest absolute Gasteiger partial charge is 0.497 e. The fourth-order valence-electron chi connectivity index (χ4n) is 2.11. The Labute approximate surface area is 107 Å². The molecular weight excluding hydrogens is 230 g/mol. The molecule has 0 radical (unpaired) electrons. The molecule has 2 rings (SSSR count). The number of likely N-dealkylation sites (tertiary alicyclic amines) is 1. The maximum Gasteiger partial charge on any atom is 0.230 e. The first-order chi connectivity index (χ1) is 8.69. The van der Waals surface area contributed by atoms with Crippen LogP contribution in [-0.2, 0) is 16.0 Å². The summed E-state index contributed by atoms with van der Waals surface area (Å²) in [5.41, 5.74) is 1.22. The van der Waals surface area contributed by atoms with E-state index in [1.165, 1.54) is 5.56 Å². The molecule has 1 amide bonds. The molecule has 0 bridgehead atoms. The van der Waals surface area contributed by atoms with Gasteiger partial charge in [-0.1, -0.05) is 12.1 Å². The van der Waals surface area contributed by atoms with Crippen LogP contribution in [0.4, 0.5) is 0 Å². The average molecular weight is 247 g/mol. The topological polar surface area (TPSA) is 46.6 Å². The predicted molar refractivity (Wildman–Crippen MR) is 67.5 cm³/mol. The van der Waals surface area contributed by atoms with E-state index in [1.54, 1.807) is 12.0 Å². The van der Waals surface area contributed by atoms with Crippen LogP contribution in [0, 0.1) is 0 Å². The summed E-state index contributed by atoms with van der Waals surface area (Å²) in [6.07, 6.45) is 1.87. The number of ether oxygens (including phenoxy) is 1. The van der Waals surface area contributed by atoms with Crippen molar-refractivity contribution in [3.63, 3.8) is 0 Å². The number of amides is 1. The first-order valence-electron chi connectivity index (χ1n) is 6.11. The Hall–Kier alpha value is -1.84. The zero-order chi connectivity index (χ0) is 13.0. The van der Waals surface area contributed by atoms with Crippen LogP contribution in [0.3, 0.4) is 0 Å². The van der Waals surface area contributed by atoms with Crippen molar-refractivity contribution in [1.29, 1.82) is 0 Å². The van der Waals surface area contributed by atoms with Crippen LogP contribution in [-0.4, -0.2) is 36.8 Å².